The highest BCUT2D eigenvalue weighted by Gasteiger charge is 2.20. The van der Waals surface area contributed by atoms with E-state index in [2.05, 4.69) is 11.6 Å². The third-order valence-electron chi connectivity index (χ3n) is 3.00. The maximum absolute atomic E-state index is 12.2. The van der Waals surface area contributed by atoms with E-state index in [1.807, 2.05) is 6.07 Å². The van der Waals surface area contributed by atoms with Gasteiger partial charge in [-0.3, -0.25) is 4.79 Å². The maximum atomic E-state index is 12.2. The summed E-state index contributed by atoms with van der Waals surface area (Å²) in [7, 11) is 3.04. The Kier molecular flexibility index (Phi) is 7.74. The number of carboxylic acid groups (broad SMARTS) is 1. The van der Waals surface area contributed by atoms with Crippen molar-refractivity contribution in [3.8, 4) is 11.5 Å². The summed E-state index contributed by atoms with van der Waals surface area (Å²) in [6.45, 7) is 0. The van der Waals surface area contributed by atoms with Crippen LogP contribution >= 0.6 is 11.6 Å². The standard InChI is InChI=1S/C16H16O4.CHClO2/c1-19-13-8-12(9-14(10-13)20-2)16(18)15(17)11-6-4-3-5-7-11;2-1(3)4/h3-10,16,18H,1-2H3;(H,3,4). The van der Waals surface area contributed by atoms with Gasteiger partial charge < -0.3 is 19.7 Å². The van der Waals surface area contributed by atoms with Gasteiger partial charge in [0.05, 0.1) is 14.2 Å². The number of Topliss-reactive ketones (excluding diaryl/α,β-unsaturated/α-hetero) is 1. The molecule has 6 nitrogen and oxygen atoms in total. The Bertz CT molecular complexity index is 660. The fourth-order valence-corrected chi connectivity index (χ4v) is 1.90. The lowest BCUT2D eigenvalue weighted by molar-refractivity contribution is 0.0747. The average molecular weight is 353 g/mol. The number of halogens is 1. The molecule has 0 saturated heterocycles. The molecule has 0 aliphatic heterocycles. The van der Waals surface area contributed by atoms with Crippen molar-refractivity contribution in [2.24, 2.45) is 0 Å². The first kappa shape index (κ1) is 19.5. The first-order valence-corrected chi connectivity index (χ1v) is 7.15. The highest BCUT2D eigenvalue weighted by molar-refractivity contribution is 6.60. The van der Waals surface area contributed by atoms with Crippen LogP contribution in [0.2, 0.25) is 0 Å². The molecule has 0 radical (unpaired) electrons. The minimum atomic E-state index is -1.36. The molecule has 7 heteroatoms. The topological polar surface area (TPSA) is 93.1 Å². The molecule has 0 heterocycles. The van der Waals surface area contributed by atoms with Gasteiger partial charge in [-0.15, -0.1) is 0 Å². The summed E-state index contributed by atoms with van der Waals surface area (Å²) in [4.78, 5) is 21.0. The van der Waals surface area contributed by atoms with E-state index in [-0.39, 0.29) is 5.78 Å². The average Bonchev–Trinajstić information content (AvgIpc) is 2.60. The predicted octanol–water partition coefficient (Wildman–Crippen LogP) is 3.52. The van der Waals surface area contributed by atoms with Gasteiger partial charge in [-0.25, -0.2) is 4.79 Å². The fraction of sp³-hybridized carbons (Fsp3) is 0.176. The van der Waals surface area contributed by atoms with Crippen molar-refractivity contribution in [2.75, 3.05) is 14.2 Å². The molecule has 2 aromatic carbocycles. The zero-order valence-corrected chi connectivity index (χ0v) is 13.9. The molecule has 0 fully saturated rings. The van der Waals surface area contributed by atoms with Crippen LogP contribution in [0.1, 0.15) is 22.0 Å². The Balaban J connectivity index is 0.000000648. The second-order valence-electron chi connectivity index (χ2n) is 4.53. The molecule has 0 aliphatic rings. The van der Waals surface area contributed by atoms with Crippen LogP contribution < -0.4 is 9.47 Å². The summed E-state index contributed by atoms with van der Waals surface area (Å²) in [5, 5.41) is 17.4. The third kappa shape index (κ3) is 5.91. The second kappa shape index (κ2) is 9.54. The Morgan fingerprint density at radius 2 is 1.46 bits per heavy atom. The van der Waals surface area contributed by atoms with Crippen LogP contribution in [0, 0.1) is 0 Å². The van der Waals surface area contributed by atoms with Gasteiger partial charge in [0.1, 0.15) is 17.6 Å². The van der Waals surface area contributed by atoms with Crippen LogP contribution in [0.5, 0.6) is 11.5 Å². The van der Waals surface area contributed by atoms with E-state index in [0.29, 0.717) is 22.6 Å². The van der Waals surface area contributed by atoms with Gasteiger partial charge >= 0.3 is 5.43 Å². The SMILES string of the molecule is COc1cc(OC)cc(C(O)C(=O)c2ccccc2)c1.O=C(O)Cl. The van der Waals surface area contributed by atoms with Gasteiger partial charge in [0.15, 0.2) is 5.78 Å². The molecule has 24 heavy (non-hydrogen) atoms. The van der Waals surface area contributed by atoms with Gasteiger partial charge in [0.25, 0.3) is 0 Å². The summed E-state index contributed by atoms with van der Waals surface area (Å²) >= 11 is 4.19. The molecular weight excluding hydrogens is 336 g/mol. The van der Waals surface area contributed by atoms with Crippen molar-refractivity contribution >= 4 is 22.8 Å². The number of rotatable bonds is 5. The van der Waals surface area contributed by atoms with E-state index in [0.717, 1.165) is 0 Å². The van der Waals surface area contributed by atoms with Crippen LogP contribution in [-0.2, 0) is 0 Å². The van der Waals surface area contributed by atoms with Crippen molar-refractivity contribution < 1.29 is 29.3 Å². The zero-order valence-electron chi connectivity index (χ0n) is 13.1. The van der Waals surface area contributed by atoms with Crippen molar-refractivity contribution in [2.45, 2.75) is 6.10 Å². The summed E-state index contributed by atoms with van der Waals surface area (Å²) in [5.41, 5.74) is -0.461. The number of carbonyl (C=O) groups is 2. The minimum absolute atomic E-state index is 0.360. The number of hydrogen-bond donors (Lipinski definition) is 2. The normalized spacial score (nSPS) is 10.8. The smallest absolute Gasteiger partial charge is 0.401 e. The molecule has 2 rings (SSSR count). The first-order chi connectivity index (χ1) is 11.4. The first-order valence-electron chi connectivity index (χ1n) is 6.77. The lowest BCUT2D eigenvalue weighted by Gasteiger charge is -2.13. The number of ketones is 1. The highest BCUT2D eigenvalue weighted by atomic mass is 35.5. The predicted molar refractivity (Wildman–Crippen MR) is 89.2 cm³/mol. The van der Waals surface area contributed by atoms with Crippen LogP contribution in [0.25, 0.3) is 0 Å². The highest BCUT2D eigenvalue weighted by Crippen LogP contribution is 2.28. The van der Waals surface area contributed by atoms with Crippen LogP contribution in [-0.4, -0.2) is 35.6 Å². The molecule has 0 bridgehead atoms. The van der Waals surface area contributed by atoms with E-state index in [1.54, 1.807) is 42.5 Å². The van der Waals surface area contributed by atoms with Crippen molar-refractivity contribution in [1.82, 2.24) is 0 Å². The van der Waals surface area contributed by atoms with Crippen molar-refractivity contribution in [3.05, 3.63) is 59.7 Å². The van der Waals surface area contributed by atoms with Gasteiger partial charge in [-0.2, -0.15) is 0 Å². The second-order valence-corrected chi connectivity index (χ2v) is 4.86. The molecule has 0 saturated carbocycles. The van der Waals surface area contributed by atoms with Crippen LogP contribution in [0.4, 0.5) is 4.79 Å². The largest absolute Gasteiger partial charge is 0.497 e. The Morgan fingerprint density at radius 1 is 1.00 bits per heavy atom. The number of aliphatic hydroxyl groups excluding tert-OH is 1. The number of hydrogen-bond acceptors (Lipinski definition) is 5. The minimum Gasteiger partial charge on any atom is -0.497 e. The maximum Gasteiger partial charge on any atom is 0.401 e. The lowest BCUT2D eigenvalue weighted by atomic mass is 9.99. The van der Waals surface area contributed by atoms with E-state index in [9.17, 15) is 9.90 Å². The molecule has 128 valence electrons. The Hall–Kier alpha value is -2.57. The summed E-state index contributed by atoms with van der Waals surface area (Å²) in [6, 6.07) is 13.6. The Morgan fingerprint density at radius 3 is 1.88 bits per heavy atom. The number of benzene rings is 2. The molecule has 0 aromatic heterocycles. The molecular formula is C17H17ClO6. The van der Waals surface area contributed by atoms with Gasteiger partial charge in [-0.05, 0) is 17.7 Å². The number of methoxy groups -OCH3 is 2. The lowest BCUT2D eigenvalue weighted by Crippen LogP contribution is -2.12. The van der Waals surface area contributed by atoms with E-state index >= 15 is 0 Å². The van der Waals surface area contributed by atoms with Gasteiger partial charge in [0, 0.05) is 23.2 Å². The molecule has 0 aliphatic carbocycles. The summed E-state index contributed by atoms with van der Waals surface area (Å²) in [6.07, 6.45) is -1.25. The zero-order chi connectivity index (χ0) is 18.1. The molecule has 0 spiro atoms. The molecule has 0 amide bonds. The molecule has 2 N–H and O–H groups in total. The summed E-state index contributed by atoms with van der Waals surface area (Å²) in [5.74, 6) is 0.694. The third-order valence-corrected chi connectivity index (χ3v) is 3.00. The van der Waals surface area contributed by atoms with E-state index in [1.165, 1.54) is 14.2 Å². The van der Waals surface area contributed by atoms with Gasteiger partial charge in [-0.1, -0.05) is 30.3 Å². The quantitative estimate of drug-likeness (QED) is 0.631. The van der Waals surface area contributed by atoms with Crippen molar-refractivity contribution in [3.63, 3.8) is 0 Å². The van der Waals surface area contributed by atoms with E-state index < -0.39 is 11.5 Å². The monoisotopic (exact) mass is 352 g/mol. The molecule has 2 aromatic rings. The van der Waals surface area contributed by atoms with Gasteiger partial charge in [0.2, 0.25) is 0 Å². The molecule has 1 atom stereocenters. The molecule has 1 unspecified atom stereocenters. The number of carbonyl (C=O) groups excluding carboxylic acids is 1. The number of aliphatic hydroxyl groups is 1. The van der Waals surface area contributed by atoms with E-state index in [4.69, 9.17) is 19.4 Å². The van der Waals surface area contributed by atoms with Crippen LogP contribution in [0.15, 0.2) is 48.5 Å². The fourth-order valence-electron chi connectivity index (χ4n) is 1.90. The van der Waals surface area contributed by atoms with Crippen LogP contribution in [0.3, 0.4) is 0 Å². The number of ether oxygens (including phenoxy) is 2. The summed E-state index contributed by atoms with van der Waals surface area (Å²) < 4.78 is 10.3. The van der Waals surface area contributed by atoms with Crippen molar-refractivity contribution in [1.29, 1.82) is 0 Å². The Labute approximate surface area is 144 Å².